The number of hydrogen-bond acceptors (Lipinski definition) is 5. The standard InChI is InChI=1S/C27H30F4N2O5/c1-36-21-9-6-18(14-22(21)37-2)26(38-3,27(29,30)31)24(35)33-12-10-25(11-13-33)15-23(34)32-16-20(25)17-4-7-19(28)8-5-17/h4-9,14,20H,10-13,15-16H2,1-3H3,(H,32,34). The van der Waals surface area contributed by atoms with Gasteiger partial charge in [-0.2, -0.15) is 13.2 Å². The zero-order valence-electron chi connectivity index (χ0n) is 21.4. The summed E-state index contributed by atoms with van der Waals surface area (Å²) < 4.78 is 72.9. The van der Waals surface area contributed by atoms with Crippen molar-refractivity contribution in [1.29, 1.82) is 0 Å². The molecular weight excluding hydrogens is 508 g/mol. The number of alkyl halides is 3. The first-order chi connectivity index (χ1) is 18.0. The lowest BCUT2D eigenvalue weighted by molar-refractivity contribution is -0.271. The molecule has 38 heavy (non-hydrogen) atoms. The normalized spacial score (nSPS) is 21.0. The second-order valence-corrected chi connectivity index (χ2v) is 9.69. The highest BCUT2D eigenvalue weighted by molar-refractivity contribution is 5.88. The molecule has 0 aromatic heterocycles. The Labute approximate surface area is 218 Å². The lowest BCUT2D eigenvalue weighted by Crippen LogP contribution is -2.60. The number of carbonyl (C=O) groups is 2. The SMILES string of the molecule is COc1ccc(C(OC)(C(=O)N2CCC3(CC2)CC(=O)NCC3c2ccc(F)cc2)C(F)(F)F)cc1OC. The number of nitrogens with one attached hydrogen (secondary N) is 1. The number of piperidine rings is 2. The minimum atomic E-state index is -5.09. The third-order valence-corrected chi connectivity index (χ3v) is 7.87. The van der Waals surface area contributed by atoms with Crippen LogP contribution in [0, 0.1) is 11.2 Å². The number of benzene rings is 2. The number of amides is 2. The number of halogens is 4. The predicted molar refractivity (Wildman–Crippen MR) is 129 cm³/mol. The third kappa shape index (κ3) is 4.68. The Hall–Kier alpha value is -3.34. The van der Waals surface area contributed by atoms with Crippen molar-refractivity contribution in [2.75, 3.05) is 41.0 Å². The molecule has 2 fully saturated rings. The van der Waals surface area contributed by atoms with Gasteiger partial charge in [-0.1, -0.05) is 18.2 Å². The Balaban J connectivity index is 1.65. The first-order valence-corrected chi connectivity index (χ1v) is 12.2. The fraction of sp³-hybridized carbons (Fsp3) is 0.481. The molecule has 4 rings (SSSR count). The van der Waals surface area contributed by atoms with Gasteiger partial charge in [-0.05, 0) is 48.1 Å². The Morgan fingerprint density at radius 1 is 1.00 bits per heavy atom. The molecule has 2 atom stereocenters. The van der Waals surface area contributed by atoms with Crippen molar-refractivity contribution in [2.45, 2.75) is 37.0 Å². The Morgan fingerprint density at radius 2 is 1.63 bits per heavy atom. The van der Waals surface area contributed by atoms with Gasteiger partial charge in [0.2, 0.25) is 5.91 Å². The molecule has 2 aromatic rings. The summed E-state index contributed by atoms with van der Waals surface area (Å²) in [4.78, 5) is 27.2. The van der Waals surface area contributed by atoms with E-state index in [0.717, 1.165) is 29.7 Å². The van der Waals surface area contributed by atoms with Crippen LogP contribution in [0.15, 0.2) is 42.5 Å². The van der Waals surface area contributed by atoms with Crippen LogP contribution >= 0.6 is 0 Å². The largest absolute Gasteiger partial charge is 0.493 e. The van der Waals surface area contributed by atoms with Crippen molar-refractivity contribution in [3.63, 3.8) is 0 Å². The molecule has 2 saturated heterocycles. The van der Waals surface area contributed by atoms with E-state index in [0.29, 0.717) is 19.4 Å². The minimum absolute atomic E-state index is 0.00170. The van der Waals surface area contributed by atoms with E-state index < -0.39 is 28.7 Å². The lowest BCUT2D eigenvalue weighted by atomic mass is 9.62. The topological polar surface area (TPSA) is 77.1 Å². The van der Waals surface area contributed by atoms with E-state index in [1.165, 1.54) is 32.4 Å². The molecule has 0 radical (unpaired) electrons. The molecule has 2 aromatic carbocycles. The number of likely N-dealkylation sites (tertiary alicyclic amines) is 1. The van der Waals surface area contributed by atoms with Crippen LogP contribution in [0.3, 0.4) is 0 Å². The summed E-state index contributed by atoms with van der Waals surface area (Å²) in [7, 11) is 3.49. The summed E-state index contributed by atoms with van der Waals surface area (Å²) in [6, 6.07) is 9.53. The van der Waals surface area contributed by atoms with Crippen molar-refractivity contribution in [3.8, 4) is 11.5 Å². The van der Waals surface area contributed by atoms with Gasteiger partial charge in [-0.3, -0.25) is 9.59 Å². The van der Waals surface area contributed by atoms with Crippen molar-refractivity contribution < 1.29 is 41.4 Å². The first kappa shape index (κ1) is 27.7. The van der Waals surface area contributed by atoms with Crippen LogP contribution in [-0.2, 0) is 19.9 Å². The molecule has 0 bridgehead atoms. The van der Waals surface area contributed by atoms with Gasteiger partial charge in [0, 0.05) is 44.6 Å². The van der Waals surface area contributed by atoms with Gasteiger partial charge >= 0.3 is 6.18 Å². The average molecular weight is 539 g/mol. The van der Waals surface area contributed by atoms with E-state index in [9.17, 15) is 27.2 Å². The second-order valence-electron chi connectivity index (χ2n) is 9.69. The number of methoxy groups -OCH3 is 3. The fourth-order valence-electron chi connectivity index (χ4n) is 5.79. The van der Waals surface area contributed by atoms with Crippen LogP contribution in [0.2, 0.25) is 0 Å². The highest BCUT2D eigenvalue weighted by Gasteiger charge is 2.64. The van der Waals surface area contributed by atoms with Crippen LogP contribution in [-0.4, -0.2) is 63.9 Å². The van der Waals surface area contributed by atoms with E-state index in [1.807, 2.05) is 0 Å². The molecule has 2 unspecified atom stereocenters. The number of nitrogens with zero attached hydrogens (tertiary/aromatic N) is 1. The molecule has 1 spiro atoms. The van der Waals surface area contributed by atoms with Gasteiger partial charge in [0.1, 0.15) is 5.82 Å². The highest BCUT2D eigenvalue weighted by Crippen LogP contribution is 2.51. The van der Waals surface area contributed by atoms with Crippen molar-refractivity contribution >= 4 is 11.8 Å². The summed E-state index contributed by atoms with van der Waals surface area (Å²) in [5.41, 5.74) is -3.44. The van der Waals surface area contributed by atoms with Gasteiger partial charge < -0.3 is 24.4 Å². The Bertz CT molecular complexity index is 1180. The van der Waals surface area contributed by atoms with Crippen molar-refractivity contribution in [1.82, 2.24) is 10.2 Å². The van der Waals surface area contributed by atoms with Gasteiger partial charge in [-0.15, -0.1) is 0 Å². The van der Waals surface area contributed by atoms with Gasteiger partial charge in [0.25, 0.3) is 11.5 Å². The van der Waals surface area contributed by atoms with E-state index in [4.69, 9.17) is 14.2 Å². The molecule has 0 aliphatic carbocycles. The molecule has 206 valence electrons. The van der Waals surface area contributed by atoms with E-state index >= 15 is 0 Å². The van der Waals surface area contributed by atoms with Gasteiger partial charge in [-0.25, -0.2) is 4.39 Å². The summed E-state index contributed by atoms with van der Waals surface area (Å²) in [6.07, 6.45) is -4.31. The maximum atomic E-state index is 14.7. The van der Waals surface area contributed by atoms with Crippen molar-refractivity contribution in [3.05, 3.63) is 59.4 Å². The Morgan fingerprint density at radius 3 is 2.18 bits per heavy atom. The minimum Gasteiger partial charge on any atom is -0.493 e. The molecule has 0 saturated carbocycles. The van der Waals surface area contributed by atoms with Crippen molar-refractivity contribution in [2.24, 2.45) is 5.41 Å². The molecular formula is C27H30F4N2O5. The number of rotatable bonds is 6. The molecule has 2 heterocycles. The van der Waals surface area contributed by atoms with Crippen LogP contribution in [0.25, 0.3) is 0 Å². The number of hydrogen-bond donors (Lipinski definition) is 1. The first-order valence-electron chi connectivity index (χ1n) is 12.2. The maximum absolute atomic E-state index is 14.7. The quantitative estimate of drug-likeness (QED) is 0.559. The molecule has 2 amide bonds. The lowest BCUT2D eigenvalue weighted by Gasteiger charge is -2.50. The maximum Gasteiger partial charge on any atom is 0.430 e. The highest BCUT2D eigenvalue weighted by atomic mass is 19.4. The van der Waals surface area contributed by atoms with Gasteiger partial charge in [0.05, 0.1) is 14.2 Å². The monoisotopic (exact) mass is 538 g/mol. The van der Waals surface area contributed by atoms with E-state index in [2.05, 4.69) is 5.32 Å². The molecule has 11 heteroatoms. The van der Waals surface area contributed by atoms with Crippen LogP contribution in [0.1, 0.15) is 36.3 Å². The van der Waals surface area contributed by atoms with Gasteiger partial charge in [0.15, 0.2) is 11.5 Å². The summed E-state index contributed by atoms with van der Waals surface area (Å²) in [6.45, 7) is 0.325. The van der Waals surface area contributed by atoms with E-state index in [-0.39, 0.29) is 48.7 Å². The summed E-state index contributed by atoms with van der Waals surface area (Å²) in [5, 5.41) is 2.84. The average Bonchev–Trinajstić information content (AvgIpc) is 2.89. The van der Waals surface area contributed by atoms with Crippen LogP contribution in [0.5, 0.6) is 11.5 Å². The molecule has 7 nitrogen and oxygen atoms in total. The molecule has 2 aliphatic heterocycles. The van der Waals surface area contributed by atoms with Crippen LogP contribution in [0.4, 0.5) is 17.6 Å². The number of ether oxygens (including phenoxy) is 3. The summed E-state index contributed by atoms with van der Waals surface area (Å²) >= 11 is 0. The van der Waals surface area contributed by atoms with Crippen LogP contribution < -0.4 is 14.8 Å². The Kier molecular flexibility index (Phi) is 7.60. The van der Waals surface area contributed by atoms with E-state index in [1.54, 1.807) is 12.1 Å². The molecule has 2 aliphatic rings. The molecule has 1 N–H and O–H groups in total. The summed E-state index contributed by atoms with van der Waals surface area (Å²) in [5.74, 6) is -1.72. The second kappa shape index (κ2) is 10.4. The predicted octanol–water partition coefficient (Wildman–Crippen LogP) is 4.16. The zero-order valence-corrected chi connectivity index (χ0v) is 21.4. The number of carbonyl (C=O) groups excluding carboxylic acids is 2. The zero-order chi connectivity index (χ0) is 27.7. The fourth-order valence-corrected chi connectivity index (χ4v) is 5.79. The third-order valence-electron chi connectivity index (χ3n) is 7.87. The smallest absolute Gasteiger partial charge is 0.430 e.